The zero-order valence-electron chi connectivity index (χ0n) is 37.7. The predicted octanol–water partition coefficient (Wildman–Crippen LogP) is 19.6. The van der Waals surface area contributed by atoms with Gasteiger partial charge in [-0.1, -0.05) is 40.0 Å². The number of hydrogen-bond acceptors (Lipinski definition) is 0. The molecule has 0 saturated heterocycles. The molecule has 1 heteroatoms. The molecule has 0 atom stereocenters. The van der Waals surface area contributed by atoms with E-state index in [9.17, 15) is 0 Å². The maximum absolute atomic E-state index is 2.36. The molecule has 0 spiro atoms. The third-order valence-corrected chi connectivity index (χ3v) is 18.6. The topological polar surface area (TPSA) is 0 Å². The van der Waals surface area contributed by atoms with E-state index in [1.807, 2.05) is 0 Å². The summed E-state index contributed by atoms with van der Waals surface area (Å²) < 4.78 is 0. The molecule has 0 aromatic carbocycles. The van der Waals surface area contributed by atoms with Crippen LogP contribution in [-0.2, 0) is 0 Å². The van der Waals surface area contributed by atoms with Gasteiger partial charge >= 0.3 is 296 Å². The van der Waals surface area contributed by atoms with Gasteiger partial charge in [0, 0.05) is 0 Å². The fraction of sp³-hybridized carbons (Fsp3) is 1.00. The molecule has 0 saturated carbocycles. The van der Waals surface area contributed by atoms with Crippen LogP contribution in [-0.4, -0.2) is 24.6 Å². The summed E-state index contributed by atoms with van der Waals surface area (Å²) >= 11 is 0. The summed E-state index contributed by atoms with van der Waals surface area (Å²) in [5.74, 6) is 0. The van der Waals surface area contributed by atoms with Crippen LogP contribution in [0.2, 0.25) is 0 Å². The molecular weight excluding hydrogens is 644 g/mol. The Morgan fingerprint density at radius 2 is 0.269 bits per heavy atom. The van der Waals surface area contributed by atoms with Crippen molar-refractivity contribution < 1.29 is 0 Å². The van der Waals surface area contributed by atoms with Gasteiger partial charge < -0.3 is 0 Å². The van der Waals surface area contributed by atoms with E-state index >= 15 is 0 Å². The number of hydrogen-bond donors (Lipinski definition) is 0. The second kappa shape index (κ2) is 45.8. The van der Waals surface area contributed by atoms with Crippen molar-refractivity contribution in [2.24, 2.45) is 0 Å². The van der Waals surface area contributed by atoms with E-state index in [2.05, 4.69) is 27.7 Å². The molecule has 0 fully saturated rings. The first-order valence-corrected chi connectivity index (χ1v) is 28.6. The standard InChI is InChI=1S/C51H107P/c1-5-9-13-17-21-24-27-30-33-37-41-45-49-52(48-44-40-36-20-16-12-8-4,50-46-42-38-34-31-28-25-22-18-14-10-6-2)51-47-43-39-35-32-29-26-23-19-15-11-7-3/h52H,5-51H2,1-4H3. The Morgan fingerprint density at radius 1 is 0.154 bits per heavy atom. The normalized spacial score (nSPS) is 12.3. The minimum Gasteiger partial charge on any atom is -0.0654 e. The molecule has 52 heavy (non-hydrogen) atoms. The summed E-state index contributed by atoms with van der Waals surface area (Å²) in [7, 11) is -1.16. The monoisotopic (exact) mass is 751 g/mol. The predicted molar refractivity (Wildman–Crippen MR) is 249 cm³/mol. The molecule has 0 aromatic heterocycles. The number of rotatable bonds is 47. The molecule has 0 aliphatic heterocycles. The minimum atomic E-state index is -1.16. The summed E-state index contributed by atoms with van der Waals surface area (Å²) in [6.07, 6.45) is 71.0. The summed E-state index contributed by atoms with van der Waals surface area (Å²) in [6.45, 7) is 9.36. The Bertz CT molecular complexity index is 543. The van der Waals surface area contributed by atoms with Crippen molar-refractivity contribution in [3.05, 3.63) is 0 Å². The zero-order valence-corrected chi connectivity index (χ0v) is 38.7. The van der Waals surface area contributed by atoms with Gasteiger partial charge in [0.15, 0.2) is 0 Å². The number of unbranched alkanes of at least 4 members (excludes halogenated alkanes) is 39. The molecular formula is C51H107P. The van der Waals surface area contributed by atoms with Crippen molar-refractivity contribution >= 4 is 7.26 Å². The van der Waals surface area contributed by atoms with Crippen molar-refractivity contribution in [2.45, 2.75) is 304 Å². The molecule has 0 bridgehead atoms. The summed E-state index contributed by atoms with van der Waals surface area (Å²) in [4.78, 5) is 0. The Kier molecular flexibility index (Phi) is 46.2. The van der Waals surface area contributed by atoms with E-state index in [4.69, 9.17) is 0 Å². The van der Waals surface area contributed by atoms with Crippen LogP contribution in [0.5, 0.6) is 0 Å². The van der Waals surface area contributed by atoms with E-state index < -0.39 is 7.26 Å². The average Bonchev–Trinajstić information content (AvgIpc) is 3.15. The van der Waals surface area contributed by atoms with Gasteiger partial charge in [0.2, 0.25) is 0 Å². The molecule has 0 nitrogen and oxygen atoms in total. The van der Waals surface area contributed by atoms with Crippen LogP contribution in [0.25, 0.3) is 0 Å². The van der Waals surface area contributed by atoms with Gasteiger partial charge in [-0.25, -0.2) is 0 Å². The summed E-state index contributed by atoms with van der Waals surface area (Å²) in [6, 6.07) is 0. The Hall–Kier alpha value is 0.430. The molecule has 0 aliphatic carbocycles. The van der Waals surface area contributed by atoms with Crippen molar-refractivity contribution in [1.29, 1.82) is 0 Å². The molecule has 316 valence electrons. The minimum absolute atomic E-state index is 1.16. The molecule has 0 amide bonds. The van der Waals surface area contributed by atoms with Crippen LogP contribution in [0, 0.1) is 0 Å². The summed E-state index contributed by atoms with van der Waals surface area (Å²) in [5.41, 5.74) is 0. The first kappa shape index (κ1) is 52.4. The fourth-order valence-corrected chi connectivity index (χ4v) is 14.7. The Labute approximate surface area is 334 Å². The van der Waals surface area contributed by atoms with Crippen LogP contribution in [0.1, 0.15) is 304 Å². The second-order valence-electron chi connectivity index (χ2n) is 18.3. The van der Waals surface area contributed by atoms with Gasteiger partial charge in [-0.15, -0.1) is 0 Å². The molecule has 0 unspecified atom stereocenters. The summed E-state index contributed by atoms with van der Waals surface area (Å²) in [5, 5.41) is 0. The molecule has 0 N–H and O–H groups in total. The van der Waals surface area contributed by atoms with Gasteiger partial charge in [0.1, 0.15) is 0 Å². The van der Waals surface area contributed by atoms with Gasteiger partial charge in [-0.05, 0) is 0 Å². The SMILES string of the molecule is CCCCCCCCCCCCCC[PH](CCCCCCCCC)(CCCCCCCCCCCCCC)CCCCCCCCCCCCCC. The molecule has 0 aromatic rings. The van der Waals surface area contributed by atoms with Gasteiger partial charge in [0.05, 0.1) is 0 Å². The smallest absolute Gasteiger partial charge is 0.0654 e. The molecule has 0 rings (SSSR count). The van der Waals surface area contributed by atoms with Crippen LogP contribution in [0.15, 0.2) is 0 Å². The first-order valence-electron chi connectivity index (χ1n) is 25.7. The maximum atomic E-state index is 2.36. The van der Waals surface area contributed by atoms with E-state index in [1.165, 1.54) is 231 Å². The fourth-order valence-electron chi connectivity index (χ4n) is 9.23. The third kappa shape index (κ3) is 40.1. The van der Waals surface area contributed by atoms with Gasteiger partial charge in [0.25, 0.3) is 0 Å². The van der Waals surface area contributed by atoms with Crippen molar-refractivity contribution in [2.75, 3.05) is 24.6 Å². The van der Waals surface area contributed by atoms with Crippen molar-refractivity contribution in [1.82, 2.24) is 0 Å². The van der Waals surface area contributed by atoms with Crippen LogP contribution >= 0.6 is 7.26 Å². The molecule has 0 heterocycles. The van der Waals surface area contributed by atoms with Crippen LogP contribution < -0.4 is 0 Å². The van der Waals surface area contributed by atoms with Gasteiger partial charge in [-0.3, -0.25) is 0 Å². The van der Waals surface area contributed by atoms with E-state index in [1.54, 1.807) is 69.6 Å². The second-order valence-corrected chi connectivity index (χ2v) is 23.3. The van der Waals surface area contributed by atoms with Crippen molar-refractivity contribution in [3.8, 4) is 0 Å². The Balaban J connectivity index is 4.80. The molecule has 0 aliphatic rings. The van der Waals surface area contributed by atoms with Gasteiger partial charge in [-0.2, -0.15) is 0 Å². The van der Waals surface area contributed by atoms with E-state index in [0.29, 0.717) is 0 Å². The van der Waals surface area contributed by atoms with E-state index in [0.717, 1.165) is 0 Å². The van der Waals surface area contributed by atoms with E-state index in [-0.39, 0.29) is 0 Å². The quantitative estimate of drug-likeness (QED) is 0.0429. The molecule has 0 radical (unpaired) electrons. The average molecular weight is 751 g/mol. The van der Waals surface area contributed by atoms with Crippen molar-refractivity contribution in [3.63, 3.8) is 0 Å². The third-order valence-electron chi connectivity index (χ3n) is 13.0. The zero-order chi connectivity index (χ0) is 37.7. The van der Waals surface area contributed by atoms with Crippen LogP contribution in [0.3, 0.4) is 0 Å². The van der Waals surface area contributed by atoms with Crippen LogP contribution in [0.4, 0.5) is 0 Å². The first-order chi connectivity index (χ1) is 25.7. The Morgan fingerprint density at radius 3 is 0.404 bits per heavy atom.